The molecule has 3 rings (SSSR count). The van der Waals surface area contributed by atoms with E-state index in [1.165, 1.54) is 6.08 Å². The van der Waals surface area contributed by atoms with E-state index in [2.05, 4.69) is 15.8 Å². The zero-order chi connectivity index (χ0) is 15.2. The molecule has 0 saturated carbocycles. The van der Waals surface area contributed by atoms with Crippen molar-refractivity contribution in [2.24, 2.45) is 0 Å². The second kappa shape index (κ2) is 6.91. The lowest BCUT2D eigenvalue weighted by atomic mass is 10.2. The van der Waals surface area contributed by atoms with Crippen molar-refractivity contribution < 1.29 is 9.21 Å². The summed E-state index contributed by atoms with van der Waals surface area (Å²) in [5, 5.41) is 11.4. The van der Waals surface area contributed by atoms with E-state index in [-0.39, 0.29) is 5.91 Å². The van der Waals surface area contributed by atoms with E-state index >= 15 is 0 Å². The van der Waals surface area contributed by atoms with Gasteiger partial charge in [-0.2, -0.15) is 16.4 Å². The van der Waals surface area contributed by atoms with Gasteiger partial charge in [0.05, 0.1) is 18.5 Å². The molecule has 3 aromatic heterocycles. The van der Waals surface area contributed by atoms with E-state index in [1.807, 2.05) is 28.4 Å². The average Bonchev–Trinajstić information content (AvgIpc) is 3.26. The summed E-state index contributed by atoms with van der Waals surface area (Å²) in [7, 11) is 0. The van der Waals surface area contributed by atoms with Crippen LogP contribution in [0.15, 0.2) is 58.0 Å². The first-order valence-corrected chi connectivity index (χ1v) is 7.81. The molecule has 0 bridgehead atoms. The summed E-state index contributed by atoms with van der Waals surface area (Å²) >= 11 is 1.65. The van der Waals surface area contributed by atoms with E-state index in [1.54, 1.807) is 35.8 Å². The van der Waals surface area contributed by atoms with E-state index in [4.69, 9.17) is 4.42 Å². The molecule has 0 aliphatic carbocycles. The van der Waals surface area contributed by atoms with Crippen LogP contribution in [0.4, 0.5) is 0 Å². The number of hydrogen-bond acceptors (Lipinski definition) is 4. The maximum absolute atomic E-state index is 11.7. The SMILES string of the molecule is O=C(/C=C/c1ccco1)NCCn1ccc(-c2ccsc2)n1. The van der Waals surface area contributed by atoms with Gasteiger partial charge in [0.1, 0.15) is 5.76 Å². The minimum Gasteiger partial charge on any atom is -0.465 e. The second-order valence-corrected chi connectivity index (χ2v) is 5.40. The van der Waals surface area contributed by atoms with Gasteiger partial charge < -0.3 is 9.73 Å². The molecule has 3 heterocycles. The summed E-state index contributed by atoms with van der Waals surface area (Å²) in [6, 6.07) is 7.58. The van der Waals surface area contributed by atoms with Gasteiger partial charge in [-0.05, 0) is 35.7 Å². The Balaban J connectivity index is 1.46. The highest BCUT2D eigenvalue weighted by atomic mass is 32.1. The van der Waals surface area contributed by atoms with Crippen molar-refractivity contribution in [2.45, 2.75) is 6.54 Å². The maximum Gasteiger partial charge on any atom is 0.244 e. The minimum atomic E-state index is -0.151. The van der Waals surface area contributed by atoms with Crippen molar-refractivity contribution in [1.29, 1.82) is 0 Å². The lowest BCUT2D eigenvalue weighted by Gasteiger charge is -2.02. The van der Waals surface area contributed by atoms with Crippen LogP contribution in [0.2, 0.25) is 0 Å². The van der Waals surface area contributed by atoms with E-state index < -0.39 is 0 Å². The van der Waals surface area contributed by atoms with Gasteiger partial charge in [-0.3, -0.25) is 9.48 Å². The third-order valence-corrected chi connectivity index (χ3v) is 3.72. The Labute approximate surface area is 131 Å². The Morgan fingerprint density at radius 1 is 1.41 bits per heavy atom. The molecule has 3 aromatic rings. The predicted molar refractivity (Wildman–Crippen MR) is 86.3 cm³/mol. The summed E-state index contributed by atoms with van der Waals surface area (Å²) in [5.41, 5.74) is 2.07. The second-order valence-electron chi connectivity index (χ2n) is 4.62. The first kappa shape index (κ1) is 14.3. The maximum atomic E-state index is 11.7. The third kappa shape index (κ3) is 3.73. The molecule has 0 unspecified atom stereocenters. The van der Waals surface area contributed by atoms with Crippen molar-refractivity contribution in [1.82, 2.24) is 15.1 Å². The fraction of sp³-hybridized carbons (Fsp3) is 0.125. The summed E-state index contributed by atoms with van der Waals surface area (Å²) in [4.78, 5) is 11.7. The normalized spacial score (nSPS) is 11.1. The first-order chi connectivity index (χ1) is 10.8. The standard InChI is InChI=1S/C16H15N3O2S/c20-16(4-3-14-2-1-10-21-14)17-7-9-19-8-5-15(18-19)13-6-11-22-12-13/h1-6,8,10-12H,7,9H2,(H,17,20)/b4-3+. The number of rotatable bonds is 6. The molecule has 0 radical (unpaired) electrons. The van der Waals surface area contributed by atoms with Crippen LogP contribution >= 0.6 is 11.3 Å². The lowest BCUT2D eigenvalue weighted by molar-refractivity contribution is -0.116. The fourth-order valence-corrected chi connectivity index (χ4v) is 2.60. The van der Waals surface area contributed by atoms with Crippen molar-refractivity contribution in [2.75, 3.05) is 6.54 Å². The van der Waals surface area contributed by atoms with Crippen LogP contribution in [0.5, 0.6) is 0 Å². The highest BCUT2D eigenvalue weighted by Gasteiger charge is 2.03. The van der Waals surface area contributed by atoms with E-state index in [9.17, 15) is 4.79 Å². The molecule has 22 heavy (non-hydrogen) atoms. The molecule has 0 aromatic carbocycles. The van der Waals surface area contributed by atoms with Gasteiger partial charge in [0.2, 0.25) is 5.91 Å². The molecule has 0 aliphatic heterocycles. The van der Waals surface area contributed by atoms with Crippen LogP contribution in [-0.2, 0) is 11.3 Å². The highest BCUT2D eigenvalue weighted by Crippen LogP contribution is 2.19. The molecule has 112 valence electrons. The molecule has 6 heteroatoms. The molecule has 5 nitrogen and oxygen atoms in total. The van der Waals surface area contributed by atoms with Crippen LogP contribution in [0, 0.1) is 0 Å². The number of thiophene rings is 1. The quantitative estimate of drug-likeness (QED) is 0.712. The van der Waals surface area contributed by atoms with Crippen LogP contribution in [0.25, 0.3) is 17.3 Å². The van der Waals surface area contributed by atoms with Gasteiger partial charge in [-0.15, -0.1) is 0 Å². The van der Waals surface area contributed by atoms with Crippen LogP contribution < -0.4 is 5.32 Å². The molecule has 0 atom stereocenters. The number of carbonyl (C=O) groups excluding carboxylic acids is 1. The highest BCUT2D eigenvalue weighted by molar-refractivity contribution is 7.08. The Hall–Kier alpha value is -2.60. The number of furan rings is 1. The zero-order valence-corrected chi connectivity index (χ0v) is 12.6. The van der Waals surface area contributed by atoms with Crippen LogP contribution in [-0.4, -0.2) is 22.2 Å². The number of aromatic nitrogens is 2. The number of carbonyl (C=O) groups is 1. The zero-order valence-electron chi connectivity index (χ0n) is 11.8. The summed E-state index contributed by atoms with van der Waals surface area (Å²) in [6.45, 7) is 1.15. The van der Waals surface area contributed by atoms with E-state index in [0.717, 1.165) is 11.3 Å². The van der Waals surface area contributed by atoms with Gasteiger partial charge in [0, 0.05) is 29.8 Å². The Kier molecular flexibility index (Phi) is 4.50. The van der Waals surface area contributed by atoms with E-state index in [0.29, 0.717) is 18.8 Å². The van der Waals surface area contributed by atoms with Crippen LogP contribution in [0.3, 0.4) is 0 Å². The van der Waals surface area contributed by atoms with Crippen molar-refractivity contribution in [3.8, 4) is 11.3 Å². The fourth-order valence-electron chi connectivity index (χ4n) is 1.95. The number of amides is 1. The molecule has 1 N–H and O–H groups in total. The van der Waals surface area contributed by atoms with Crippen molar-refractivity contribution in [3.05, 3.63) is 59.3 Å². The number of hydrogen-bond donors (Lipinski definition) is 1. The molecular formula is C16H15N3O2S. The molecular weight excluding hydrogens is 298 g/mol. The van der Waals surface area contributed by atoms with Gasteiger partial charge in [-0.25, -0.2) is 0 Å². The first-order valence-electron chi connectivity index (χ1n) is 6.87. The summed E-state index contributed by atoms with van der Waals surface area (Å²) in [6.07, 6.45) is 6.58. The molecule has 0 spiro atoms. The van der Waals surface area contributed by atoms with Crippen LogP contribution in [0.1, 0.15) is 5.76 Å². The lowest BCUT2D eigenvalue weighted by Crippen LogP contribution is -2.25. The Morgan fingerprint density at radius 2 is 2.36 bits per heavy atom. The van der Waals surface area contributed by atoms with Crippen molar-refractivity contribution in [3.63, 3.8) is 0 Å². The Morgan fingerprint density at radius 3 is 3.14 bits per heavy atom. The minimum absolute atomic E-state index is 0.151. The summed E-state index contributed by atoms with van der Waals surface area (Å²) in [5.74, 6) is 0.504. The number of nitrogens with zero attached hydrogens (tertiary/aromatic N) is 2. The molecule has 0 saturated heterocycles. The molecule has 0 aliphatic rings. The van der Waals surface area contributed by atoms with Gasteiger partial charge in [-0.1, -0.05) is 0 Å². The van der Waals surface area contributed by atoms with Gasteiger partial charge >= 0.3 is 0 Å². The predicted octanol–water partition coefficient (Wildman–Crippen LogP) is 3.03. The van der Waals surface area contributed by atoms with Crippen molar-refractivity contribution >= 4 is 23.3 Å². The Bertz CT molecular complexity index is 742. The third-order valence-electron chi connectivity index (χ3n) is 3.04. The molecule has 0 fully saturated rings. The molecule has 1 amide bonds. The summed E-state index contributed by atoms with van der Waals surface area (Å²) < 4.78 is 6.94. The average molecular weight is 313 g/mol. The van der Waals surface area contributed by atoms with Gasteiger partial charge in [0.25, 0.3) is 0 Å². The monoisotopic (exact) mass is 313 g/mol. The smallest absolute Gasteiger partial charge is 0.244 e. The topological polar surface area (TPSA) is 60.1 Å². The largest absolute Gasteiger partial charge is 0.465 e. The number of nitrogens with one attached hydrogen (secondary N) is 1. The van der Waals surface area contributed by atoms with Gasteiger partial charge in [0.15, 0.2) is 0 Å².